The lowest BCUT2D eigenvalue weighted by atomic mass is 10.1. The molecule has 0 aliphatic carbocycles. The van der Waals surface area contributed by atoms with E-state index in [0.29, 0.717) is 0 Å². The lowest BCUT2D eigenvalue weighted by molar-refractivity contribution is -0.129. The van der Waals surface area contributed by atoms with E-state index >= 15 is 0 Å². The molecule has 0 amide bonds. The first kappa shape index (κ1) is 18.9. The molecule has 0 aliphatic heterocycles. The molecule has 2 aromatic heterocycles. The average molecular weight is 381 g/mol. The molecule has 2 rings (SSSR count). The van der Waals surface area contributed by atoms with Crippen LogP contribution in [-0.4, -0.2) is 36.7 Å². The summed E-state index contributed by atoms with van der Waals surface area (Å²) < 4.78 is 64.3. The molecule has 0 fully saturated rings. The predicted octanol–water partition coefficient (Wildman–Crippen LogP) is 3.02. The summed E-state index contributed by atoms with van der Waals surface area (Å²) in [5.74, 6) is -0.982. The normalized spacial score (nSPS) is 14.0. The third-order valence-electron chi connectivity index (χ3n) is 3.42. The summed E-state index contributed by atoms with van der Waals surface area (Å²) in [6.07, 6.45) is -5.87. The van der Waals surface area contributed by atoms with Crippen molar-refractivity contribution in [2.75, 3.05) is 12.3 Å². The van der Waals surface area contributed by atoms with Crippen LogP contribution in [0.3, 0.4) is 0 Å². The Morgan fingerprint density at radius 2 is 2.08 bits per heavy atom. The summed E-state index contributed by atoms with van der Waals surface area (Å²) in [5.41, 5.74) is 2.48. The summed E-state index contributed by atoms with van der Waals surface area (Å²) in [7, 11) is -4.02. The third kappa shape index (κ3) is 5.32. The van der Waals surface area contributed by atoms with Gasteiger partial charge in [0, 0.05) is 12.2 Å². The summed E-state index contributed by atoms with van der Waals surface area (Å²) in [6.45, 7) is 3.61. The van der Waals surface area contributed by atoms with Crippen molar-refractivity contribution in [2.24, 2.45) is 0 Å². The van der Waals surface area contributed by atoms with E-state index in [9.17, 15) is 21.6 Å². The first-order chi connectivity index (χ1) is 11.1. The number of hydrogen-bond acceptors (Lipinski definition) is 4. The molecule has 0 aromatic carbocycles. The SMILES string of the molecule is Cc1cc(C)n([C@H](CNS(=O)(=O)CCC(F)(F)F)c2ccsc2)n1. The fraction of sp³-hybridized carbons (Fsp3) is 0.500. The van der Waals surface area contributed by atoms with Crippen LogP contribution in [0.4, 0.5) is 13.2 Å². The predicted molar refractivity (Wildman–Crippen MR) is 86.6 cm³/mol. The van der Waals surface area contributed by atoms with Crippen molar-refractivity contribution >= 4 is 21.4 Å². The Morgan fingerprint density at radius 1 is 1.38 bits per heavy atom. The number of aryl methyl sites for hydroxylation is 2. The van der Waals surface area contributed by atoms with E-state index in [2.05, 4.69) is 9.82 Å². The Bertz CT molecular complexity index is 768. The molecular weight excluding hydrogens is 363 g/mol. The van der Waals surface area contributed by atoms with Gasteiger partial charge in [-0.25, -0.2) is 13.1 Å². The van der Waals surface area contributed by atoms with E-state index < -0.39 is 34.4 Å². The number of alkyl halides is 3. The van der Waals surface area contributed by atoms with Gasteiger partial charge in [0.1, 0.15) is 0 Å². The van der Waals surface area contributed by atoms with Gasteiger partial charge in [-0.15, -0.1) is 0 Å². The van der Waals surface area contributed by atoms with Crippen LogP contribution in [-0.2, 0) is 10.0 Å². The Labute approximate surface area is 142 Å². The van der Waals surface area contributed by atoms with Crippen molar-refractivity contribution < 1.29 is 21.6 Å². The minimum atomic E-state index is -4.50. The van der Waals surface area contributed by atoms with Gasteiger partial charge in [-0.05, 0) is 42.3 Å². The minimum absolute atomic E-state index is 0.0567. The smallest absolute Gasteiger partial charge is 0.261 e. The molecular formula is C14H18F3N3O2S2. The molecule has 0 saturated carbocycles. The van der Waals surface area contributed by atoms with E-state index in [1.807, 2.05) is 36.7 Å². The molecule has 0 spiro atoms. The molecule has 10 heteroatoms. The fourth-order valence-corrected chi connectivity index (χ4v) is 4.06. The van der Waals surface area contributed by atoms with Crippen LogP contribution in [0.5, 0.6) is 0 Å². The molecule has 0 bridgehead atoms. The maximum absolute atomic E-state index is 12.2. The van der Waals surface area contributed by atoms with Crippen molar-refractivity contribution in [2.45, 2.75) is 32.5 Å². The van der Waals surface area contributed by atoms with Gasteiger partial charge in [-0.2, -0.15) is 29.6 Å². The number of thiophene rings is 1. The van der Waals surface area contributed by atoms with E-state index in [0.717, 1.165) is 17.0 Å². The van der Waals surface area contributed by atoms with Crippen LogP contribution in [0.2, 0.25) is 0 Å². The monoisotopic (exact) mass is 381 g/mol. The first-order valence-corrected chi connectivity index (χ1v) is 9.76. The highest BCUT2D eigenvalue weighted by atomic mass is 32.2. The van der Waals surface area contributed by atoms with E-state index in [1.165, 1.54) is 11.3 Å². The summed E-state index contributed by atoms with van der Waals surface area (Å²) >= 11 is 1.46. The molecule has 0 saturated heterocycles. The Morgan fingerprint density at radius 3 is 2.58 bits per heavy atom. The van der Waals surface area contributed by atoms with Crippen molar-refractivity contribution in [3.8, 4) is 0 Å². The largest absolute Gasteiger partial charge is 0.390 e. The Kier molecular flexibility index (Phi) is 5.71. The van der Waals surface area contributed by atoms with Gasteiger partial charge in [0.25, 0.3) is 0 Å². The molecule has 0 unspecified atom stereocenters. The van der Waals surface area contributed by atoms with Gasteiger partial charge in [0.05, 0.1) is 23.9 Å². The number of nitrogens with one attached hydrogen (secondary N) is 1. The minimum Gasteiger partial charge on any atom is -0.261 e. The quantitative estimate of drug-likeness (QED) is 0.802. The van der Waals surface area contributed by atoms with Crippen molar-refractivity contribution in [3.05, 3.63) is 39.8 Å². The molecule has 0 radical (unpaired) electrons. The fourth-order valence-electron chi connectivity index (χ4n) is 2.30. The molecule has 24 heavy (non-hydrogen) atoms. The van der Waals surface area contributed by atoms with Crippen LogP contribution in [0.1, 0.15) is 29.4 Å². The van der Waals surface area contributed by atoms with Crippen LogP contribution in [0, 0.1) is 13.8 Å². The molecule has 5 nitrogen and oxygen atoms in total. The zero-order chi connectivity index (χ0) is 18.0. The van der Waals surface area contributed by atoms with Crippen LogP contribution >= 0.6 is 11.3 Å². The molecule has 134 valence electrons. The molecule has 2 heterocycles. The summed E-state index contributed by atoms with van der Waals surface area (Å²) in [6, 6.07) is 3.29. The van der Waals surface area contributed by atoms with Crippen molar-refractivity contribution in [1.29, 1.82) is 0 Å². The number of hydrogen-bond donors (Lipinski definition) is 1. The van der Waals surface area contributed by atoms with E-state index in [-0.39, 0.29) is 6.54 Å². The molecule has 1 N–H and O–H groups in total. The first-order valence-electron chi connectivity index (χ1n) is 7.16. The number of nitrogens with zero attached hydrogens (tertiary/aromatic N) is 2. The summed E-state index contributed by atoms with van der Waals surface area (Å²) in [5, 5.41) is 8.08. The number of halogens is 3. The van der Waals surface area contributed by atoms with Crippen LogP contribution < -0.4 is 4.72 Å². The number of sulfonamides is 1. The second-order valence-corrected chi connectivity index (χ2v) is 8.18. The highest BCUT2D eigenvalue weighted by molar-refractivity contribution is 7.89. The molecule has 1 atom stereocenters. The van der Waals surface area contributed by atoms with Crippen LogP contribution in [0.25, 0.3) is 0 Å². The maximum Gasteiger partial charge on any atom is 0.390 e. The van der Waals surface area contributed by atoms with Gasteiger partial charge in [-0.1, -0.05) is 0 Å². The molecule has 2 aromatic rings. The standard InChI is InChI=1S/C14H18F3N3O2S2/c1-10-7-11(2)20(19-10)13(12-3-5-23-9-12)8-18-24(21,22)6-4-14(15,16)17/h3,5,7,9,13,18H,4,6,8H2,1-2H3/t13-/m1/s1. The van der Waals surface area contributed by atoms with Crippen LogP contribution in [0.15, 0.2) is 22.9 Å². The summed E-state index contributed by atoms with van der Waals surface area (Å²) in [4.78, 5) is 0. The van der Waals surface area contributed by atoms with Gasteiger partial charge in [0.15, 0.2) is 0 Å². The average Bonchev–Trinajstić information content (AvgIpc) is 3.07. The van der Waals surface area contributed by atoms with Crippen molar-refractivity contribution in [1.82, 2.24) is 14.5 Å². The maximum atomic E-state index is 12.2. The lowest BCUT2D eigenvalue weighted by Crippen LogP contribution is -2.34. The van der Waals surface area contributed by atoms with Gasteiger partial charge in [0.2, 0.25) is 10.0 Å². The van der Waals surface area contributed by atoms with E-state index in [1.54, 1.807) is 4.68 Å². The van der Waals surface area contributed by atoms with Gasteiger partial charge in [-0.3, -0.25) is 4.68 Å². The number of aromatic nitrogens is 2. The highest BCUT2D eigenvalue weighted by Gasteiger charge is 2.30. The third-order valence-corrected chi connectivity index (χ3v) is 5.47. The number of rotatable bonds is 7. The zero-order valence-corrected chi connectivity index (χ0v) is 14.8. The highest BCUT2D eigenvalue weighted by Crippen LogP contribution is 2.23. The lowest BCUT2D eigenvalue weighted by Gasteiger charge is -2.19. The second kappa shape index (κ2) is 7.24. The molecule has 0 aliphatic rings. The van der Waals surface area contributed by atoms with E-state index in [4.69, 9.17) is 0 Å². The zero-order valence-electron chi connectivity index (χ0n) is 13.2. The Hall–Kier alpha value is -1.39. The second-order valence-electron chi connectivity index (χ2n) is 5.48. The Balaban J connectivity index is 2.14. The van der Waals surface area contributed by atoms with Crippen molar-refractivity contribution in [3.63, 3.8) is 0 Å². The topological polar surface area (TPSA) is 64.0 Å². The van der Waals surface area contributed by atoms with Gasteiger partial charge >= 0.3 is 6.18 Å². The van der Waals surface area contributed by atoms with Gasteiger partial charge < -0.3 is 0 Å².